The van der Waals surface area contributed by atoms with Gasteiger partial charge in [0.05, 0.1) is 6.54 Å². The van der Waals surface area contributed by atoms with Crippen LogP contribution in [0, 0.1) is 0 Å². The fraction of sp³-hybridized carbons (Fsp3) is 0.538. The van der Waals surface area contributed by atoms with Gasteiger partial charge in [0.1, 0.15) is 0 Å². The van der Waals surface area contributed by atoms with E-state index in [1.165, 1.54) is 12.1 Å². The van der Waals surface area contributed by atoms with E-state index in [1.807, 2.05) is 13.8 Å². The Labute approximate surface area is 95.9 Å². The van der Waals surface area contributed by atoms with Crippen LogP contribution in [0.5, 0.6) is 0 Å². The van der Waals surface area contributed by atoms with Gasteiger partial charge in [0.25, 0.3) is 5.92 Å². The van der Waals surface area contributed by atoms with Gasteiger partial charge in [-0.2, -0.15) is 8.78 Å². The summed E-state index contributed by atoms with van der Waals surface area (Å²) in [5.41, 5.74) is 0.0773. The van der Waals surface area contributed by atoms with E-state index >= 15 is 0 Å². The van der Waals surface area contributed by atoms with Gasteiger partial charge in [-0.15, -0.1) is 0 Å². The van der Waals surface area contributed by atoms with Crippen molar-refractivity contribution in [2.24, 2.45) is 0 Å². The van der Waals surface area contributed by atoms with Gasteiger partial charge in [-0.25, -0.2) is 0 Å². The first-order valence-electron chi connectivity index (χ1n) is 5.77. The van der Waals surface area contributed by atoms with Gasteiger partial charge < -0.3 is 5.32 Å². The molecule has 0 aromatic heterocycles. The molecule has 0 atom stereocenters. The Kier molecular flexibility index (Phi) is 4.87. The van der Waals surface area contributed by atoms with Crippen molar-refractivity contribution in [1.29, 1.82) is 0 Å². The fourth-order valence-corrected chi connectivity index (χ4v) is 1.63. The van der Waals surface area contributed by atoms with Crippen molar-refractivity contribution >= 4 is 0 Å². The molecule has 1 aromatic carbocycles. The molecular formula is C13H19F2N. The minimum atomic E-state index is -2.79. The van der Waals surface area contributed by atoms with Crippen molar-refractivity contribution < 1.29 is 8.78 Å². The Morgan fingerprint density at radius 3 is 2.19 bits per heavy atom. The summed E-state index contributed by atoms with van der Waals surface area (Å²) in [6.07, 6.45) is 1.75. The number of hydrogen-bond donors (Lipinski definition) is 1. The summed E-state index contributed by atoms with van der Waals surface area (Å²) >= 11 is 0. The molecule has 0 radical (unpaired) electrons. The van der Waals surface area contributed by atoms with Crippen LogP contribution in [0.25, 0.3) is 0 Å². The smallest absolute Gasteiger partial charge is 0.285 e. The van der Waals surface area contributed by atoms with Gasteiger partial charge in [-0.3, -0.25) is 0 Å². The molecule has 16 heavy (non-hydrogen) atoms. The van der Waals surface area contributed by atoms with E-state index in [-0.39, 0.29) is 18.2 Å². The molecule has 1 nitrogen and oxygen atoms in total. The minimum absolute atomic E-state index is 0.0773. The highest BCUT2D eigenvalue weighted by molar-refractivity contribution is 5.20. The molecule has 0 aliphatic heterocycles. The Morgan fingerprint density at radius 2 is 1.69 bits per heavy atom. The lowest BCUT2D eigenvalue weighted by atomic mass is 10.1. The first kappa shape index (κ1) is 13.1. The van der Waals surface area contributed by atoms with Crippen molar-refractivity contribution in [2.75, 3.05) is 6.54 Å². The van der Waals surface area contributed by atoms with Crippen molar-refractivity contribution in [3.8, 4) is 0 Å². The second-order valence-electron chi connectivity index (χ2n) is 3.96. The standard InChI is InChI=1S/C13H19F2N/c1-3-12(4-2)16-10-13(14,15)11-8-6-5-7-9-11/h5-9,12,16H,3-4,10H2,1-2H3. The van der Waals surface area contributed by atoms with Gasteiger partial charge in [-0.1, -0.05) is 44.2 Å². The zero-order chi connectivity index (χ0) is 12.0. The summed E-state index contributed by atoms with van der Waals surface area (Å²) in [4.78, 5) is 0. The van der Waals surface area contributed by atoms with Crippen LogP contribution in [0.15, 0.2) is 30.3 Å². The fourth-order valence-electron chi connectivity index (χ4n) is 1.63. The molecule has 0 bridgehead atoms. The maximum atomic E-state index is 13.7. The monoisotopic (exact) mass is 227 g/mol. The molecule has 0 fully saturated rings. The molecule has 0 amide bonds. The van der Waals surface area contributed by atoms with Crippen LogP contribution in [0.1, 0.15) is 32.3 Å². The van der Waals surface area contributed by atoms with E-state index in [9.17, 15) is 8.78 Å². The van der Waals surface area contributed by atoms with E-state index in [1.54, 1.807) is 18.2 Å². The van der Waals surface area contributed by atoms with Crippen LogP contribution in [-0.2, 0) is 5.92 Å². The summed E-state index contributed by atoms with van der Waals surface area (Å²) in [6.45, 7) is 3.72. The van der Waals surface area contributed by atoms with Gasteiger partial charge in [0.2, 0.25) is 0 Å². The third-order valence-corrected chi connectivity index (χ3v) is 2.79. The second kappa shape index (κ2) is 5.94. The average Bonchev–Trinajstić information content (AvgIpc) is 2.31. The number of rotatable bonds is 6. The van der Waals surface area contributed by atoms with Crippen LogP contribution >= 0.6 is 0 Å². The van der Waals surface area contributed by atoms with E-state index < -0.39 is 5.92 Å². The normalized spacial score (nSPS) is 12.1. The molecule has 0 saturated heterocycles. The third-order valence-electron chi connectivity index (χ3n) is 2.79. The molecule has 0 saturated carbocycles. The average molecular weight is 227 g/mol. The first-order chi connectivity index (χ1) is 7.60. The highest BCUT2D eigenvalue weighted by atomic mass is 19.3. The van der Waals surface area contributed by atoms with Gasteiger partial charge in [-0.05, 0) is 12.8 Å². The lowest BCUT2D eigenvalue weighted by molar-refractivity contribution is -0.00594. The molecule has 1 rings (SSSR count). The quantitative estimate of drug-likeness (QED) is 0.783. The van der Waals surface area contributed by atoms with Gasteiger partial charge >= 0.3 is 0 Å². The van der Waals surface area contributed by atoms with Crippen molar-refractivity contribution in [2.45, 2.75) is 38.7 Å². The summed E-state index contributed by atoms with van der Waals surface area (Å²) < 4.78 is 27.5. The Balaban J connectivity index is 2.58. The summed E-state index contributed by atoms with van der Waals surface area (Å²) in [5, 5.41) is 2.91. The van der Waals surface area contributed by atoms with Crippen LogP contribution in [0.4, 0.5) is 8.78 Å². The maximum absolute atomic E-state index is 13.7. The van der Waals surface area contributed by atoms with E-state index in [0.29, 0.717) is 0 Å². The van der Waals surface area contributed by atoms with Crippen molar-refractivity contribution in [3.05, 3.63) is 35.9 Å². The Bertz CT molecular complexity index is 294. The summed E-state index contributed by atoms with van der Waals surface area (Å²) in [6, 6.07) is 8.13. The van der Waals surface area contributed by atoms with Crippen LogP contribution in [0.3, 0.4) is 0 Å². The van der Waals surface area contributed by atoms with Crippen LogP contribution in [0.2, 0.25) is 0 Å². The van der Waals surface area contributed by atoms with Crippen LogP contribution in [-0.4, -0.2) is 12.6 Å². The second-order valence-corrected chi connectivity index (χ2v) is 3.96. The predicted molar refractivity (Wildman–Crippen MR) is 62.7 cm³/mol. The zero-order valence-corrected chi connectivity index (χ0v) is 9.84. The van der Waals surface area contributed by atoms with Gasteiger partial charge in [0.15, 0.2) is 0 Å². The summed E-state index contributed by atoms with van der Waals surface area (Å²) in [7, 11) is 0. The maximum Gasteiger partial charge on any atom is 0.285 e. The Hall–Kier alpha value is -0.960. The molecule has 0 aliphatic carbocycles. The molecule has 0 unspecified atom stereocenters. The number of alkyl halides is 2. The zero-order valence-electron chi connectivity index (χ0n) is 9.84. The number of benzene rings is 1. The van der Waals surface area contributed by atoms with E-state index in [0.717, 1.165) is 12.8 Å². The number of halogens is 2. The predicted octanol–water partition coefficient (Wildman–Crippen LogP) is 3.56. The molecule has 0 spiro atoms. The highest BCUT2D eigenvalue weighted by Gasteiger charge is 2.31. The molecular weight excluding hydrogens is 208 g/mol. The summed E-state index contributed by atoms with van der Waals surface area (Å²) in [5.74, 6) is -2.79. The van der Waals surface area contributed by atoms with Crippen molar-refractivity contribution in [1.82, 2.24) is 5.32 Å². The lowest BCUT2D eigenvalue weighted by Crippen LogP contribution is -2.37. The van der Waals surface area contributed by atoms with Crippen LogP contribution < -0.4 is 5.32 Å². The van der Waals surface area contributed by atoms with Gasteiger partial charge in [0, 0.05) is 11.6 Å². The molecule has 0 heterocycles. The molecule has 90 valence electrons. The molecule has 1 N–H and O–H groups in total. The lowest BCUT2D eigenvalue weighted by Gasteiger charge is -2.21. The van der Waals surface area contributed by atoms with Crippen molar-refractivity contribution in [3.63, 3.8) is 0 Å². The molecule has 0 aliphatic rings. The van der Waals surface area contributed by atoms with E-state index in [2.05, 4.69) is 5.32 Å². The Morgan fingerprint density at radius 1 is 1.12 bits per heavy atom. The minimum Gasteiger partial charge on any atom is -0.308 e. The number of hydrogen-bond acceptors (Lipinski definition) is 1. The van der Waals surface area contributed by atoms with E-state index in [4.69, 9.17) is 0 Å². The number of nitrogens with one attached hydrogen (secondary N) is 1. The SMILES string of the molecule is CCC(CC)NCC(F)(F)c1ccccc1. The topological polar surface area (TPSA) is 12.0 Å². The third kappa shape index (κ3) is 3.56. The molecule has 1 aromatic rings. The largest absolute Gasteiger partial charge is 0.308 e. The molecule has 3 heteroatoms. The highest BCUT2D eigenvalue weighted by Crippen LogP contribution is 2.26. The first-order valence-corrected chi connectivity index (χ1v) is 5.77.